The van der Waals surface area contributed by atoms with Crippen molar-refractivity contribution in [3.63, 3.8) is 0 Å². The maximum absolute atomic E-state index is 10.8. The number of nitrogens with zero attached hydrogens (tertiary/aromatic N) is 2. The Balaban J connectivity index is 1.98. The highest BCUT2D eigenvalue weighted by molar-refractivity contribution is 5.72. The lowest BCUT2D eigenvalue weighted by molar-refractivity contribution is 0.111. The number of carbonyl (C=O) groups is 1. The molecule has 82 valence electrons. The molecule has 3 nitrogen and oxygen atoms in total. The molecule has 0 aliphatic heterocycles. The second-order valence-corrected chi connectivity index (χ2v) is 4.45. The average Bonchev–Trinajstić information content (AvgIpc) is 2.99. The number of rotatable bonds is 5. The molecule has 0 N–H and O–H groups in total. The van der Waals surface area contributed by atoms with Crippen molar-refractivity contribution in [3.8, 4) is 0 Å². The number of carbonyl (C=O) groups excluding carboxylic acids is 1. The molecule has 0 aromatic carbocycles. The summed E-state index contributed by atoms with van der Waals surface area (Å²) in [6, 6.07) is 5.04. The zero-order valence-electron chi connectivity index (χ0n) is 9.39. The van der Waals surface area contributed by atoms with Crippen LogP contribution in [0.2, 0.25) is 0 Å². The number of likely N-dealkylation sites (N-methyl/N-ethyl adjacent to an activating group) is 1. The van der Waals surface area contributed by atoms with Gasteiger partial charge in [0.1, 0.15) is 0 Å². The standard InChI is InChI=1S/C12H18N2O/c1-10(13(2)11-5-6-11)8-14-7-3-4-12(14)9-15/h3-4,7,9-11H,5-6,8H2,1-2H3. The van der Waals surface area contributed by atoms with E-state index >= 15 is 0 Å². The van der Waals surface area contributed by atoms with Crippen molar-refractivity contribution in [2.24, 2.45) is 0 Å². The molecule has 1 aliphatic rings. The minimum Gasteiger partial charge on any atom is -0.344 e. The summed E-state index contributed by atoms with van der Waals surface area (Å²) in [6.45, 7) is 3.11. The minimum atomic E-state index is 0.489. The molecule has 0 radical (unpaired) electrons. The highest BCUT2D eigenvalue weighted by atomic mass is 16.1. The Bertz CT molecular complexity index is 341. The van der Waals surface area contributed by atoms with E-state index in [9.17, 15) is 4.79 Å². The lowest BCUT2D eigenvalue weighted by Crippen LogP contribution is -2.34. The van der Waals surface area contributed by atoms with Gasteiger partial charge in [-0.1, -0.05) is 0 Å². The molecule has 3 heteroatoms. The van der Waals surface area contributed by atoms with Crippen molar-refractivity contribution >= 4 is 6.29 Å². The maximum Gasteiger partial charge on any atom is 0.166 e. The van der Waals surface area contributed by atoms with Gasteiger partial charge in [-0.2, -0.15) is 0 Å². The maximum atomic E-state index is 10.8. The Morgan fingerprint density at radius 2 is 2.40 bits per heavy atom. The van der Waals surface area contributed by atoms with E-state index in [4.69, 9.17) is 0 Å². The third-order valence-electron chi connectivity index (χ3n) is 3.26. The van der Waals surface area contributed by atoms with Crippen molar-refractivity contribution < 1.29 is 4.79 Å². The van der Waals surface area contributed by atoms with Gasteiger partial charge in [0.2, 0.25) is 0 Å². The zero-order valence-corrected chi connectivity index (χ0v) is 9.39. The fraction of sp³-hybridized carbons (Fsp3) is 0.583. The predicted octanol–water partition coefficient (Wildman–Crippen LogP) is 1.78. The van der Waals surface area contributed by atoms with E-state index in [2.05, 4.69) is 18.9 Å². The van der Waals surface area contributed by atoms with E-state index in [1.165, 1.54) is 12.8 Å². The van der Waals surface area contributed by atoms with E-state index < -0.39 is 0 Å². The summed E-state index contributed by atoms with van der Waals surface area (Å²) in [5.41, 5.74) is 0.769. The molecular weight excluding hydrogens is 188 g/mol. The molecule has 1 aromatic heterocycles. The van der Waals surface area contributed by atoms with Gasteiger partial charge in [-0.05, 0) is 38.9 Å². The molecule has 1 saturated carbocycles. The molecule has 1 atom stereocenters. The van der Waals surface area contributed by atoms with Crippen LogP contribution in [0.5, 0.6) is 0 Å². The van der Waals surface area contributed by atoms with Crippen molar-refractivity contribution in [1.29, 1.82) is 0 Å². The average molecular weight is 206 g/mol. The van der Waals surface area contributed by atoms with Gasteiger partial charge in [0, 0.05) is 24.8 Å². The third kappa shape index (κ3) is 2.29. The quantitative estimate of drug-likeness (QED) is 0.686. The normalized spacial score (nSPS) is 18.1. The number of hydrogen-bond donors (Lipinski definition) is 0. The summed E-state index contributed by atoms with van der Waals surface area (Å²) < 4.78 is 2.02. The fourth-order valence-electron chi connectivity index (χ4n) is 1.96. The van der Waals surface area contributed by atoms with Crippen LogP contribution in [0.4, 0.5) is 0 Å². The second-order valence-electron chi connectivity index (χ2n) is 4.45. The molecule has 15 heavy (non-hydrogen) atoms. The monoisotopic (exact) mass is 206 g/mol. The first-order valence-electron chi connectivity index (χ1n) is 5.54. The van der Waals surface area contributed by atoms with Crippen LogP contribution >= 0.6 is 0 Å². The first-order valence-corrected chi connectivity index (χ1v) is 5.54. The van der Waals surface area contributed by atoms with Crippen LogP contribution < -0.4 is 0 Å². The molecular formula is C12H18N2O. The summed E-state index contributed by atoms with van der Waals surface area (Å²) in [5, 5.41) is 0. The number of aldehydes is 1. The highest BCUT2D eigenvalue weighted by Crippen LogP contribution is 2.27. The van der Waals surface area contributed by atoms with E-state index in [-0.39, 0.29) is 0 Å². The van der Waals surface area contributed by atoms with Crippen molar-refractivity contribution in [2.75, 3.05) is 7.05 Å². The van der Waals surface area contributed by atoms with Gasteiger partial charge in [0.15, 0.2) is 6.29 Å². The van der Waals surface area contributed by atoms with Crippen molar-refractivity contribution in [3.05, 3.63) is 24.0 Å². The highest BCUT2D eigenvalue weighted by Gasteiger charge is 2.29. The lowest BCUT2D eigenvalue weighted by atomic mass is 10.3. The summed E-state index contributed by atoms with van der Waals surface area (Å²) in [7, 11) is 2.17. The summed E-state index contributed by atoms with van der Waals surface area (Å²) in [5.74, 6) is 0. The van der Waals surface area contributed by atoms with Gasteiger partial charge in [-0.15, -0.1) is 0 Å². The molecule has 2 rings (SSSR count). The molecule has 1 unspecified atom stereocenters. The molecule has 1 aromatic rings. The van der Waals surface area contributed by atoms with Crippen LogP contribution in [0.1, 0.15) is 30.3 Å². The smallest absolute Gasteiger partial charge is 0.166 e. The zero-order chi connectivity index (χ0) is 10.8. The first kappa shape index (κ1) is 10.4. The topological polar surface area (TPSA) is 25.2 Å². The van der Waals surface area contributed by atoms with Crippen LogP contribution in [-0.2, 0) is 6.54 Å². The number of aromatic nitrogens is 1. The van der Waals surface area contributed by atoms with E-state index in [1.54, 1.807) is 0 Å². The van der Waals surface area contributed by atoms with Crippen LogP contribution in [0.25, 0.3) is 0 Å². The molecule has 1 aliphatic carbocycles. The van der Waals surface area contributed by atoms with Gasteiger partial charge in [-0.3, -0.25) is 9.69 Å². The summed E-state index contributed by atoms with van der Waals surface area (Å²) >= 11 is 0. The van der Waals surface area contributed by atoms with E-state index in [0.717, 1.165) is 24.6 Å². The van der Waals surface area contributed by atoms with Gasteiger partial charge in [0.25, 0.3) is 0 Å². The molecule has 0 spiro atoms. The molecule has 0 bridgehead atoms. The van der Waals surface area contributed by atoms with Gasteiger partial charge >= 0.3 is 0 Å². The number of hydrogen-bond acceptors (Lipinski definition) is 2. The van der Waals surface area contributed by atoms with Crippen molar-refractivity contribution in [2.45, 2.75) is 38.4 Å². The van der Waals surface area contributed by atoms with Crippen LogP contribution in [0.15, 0.2) is 18.3 Å². The fourth-order valence-corrected chi connectivity index (χ4v) is 1.96. The van der Waals surface area contributed by atoms with Crippen LogP contribution in [0.3, 0.4) is 0 Å². The Kier molecular flexibility index (Phi) is 2.91. The van der Waals surface area contributed by atoms with E-state index in [1.807, 2.05) is 22.9 Å². The van der Waals surface area contributed by atoms with Gasteiger partial charge in [0.05, 0.1) is 5.69 Å². The summed E-state index contributed by atoms with van der Waals surface area (Å²) in [4.78, 5) is 13.2. The summed E-state index contributed by atoms with van der Waals surface area (Å²) in [6.07, 6.45) is 5.55. The van der Waals surface area contributed by atoms with E-state index in [0.29, 0.717) is 6.04 Å². The third-order valence-corrected chi connectivity index (χ3v) is 3.26. The van der Waals surface area contributed by atoms with Crippen molar-refractivity contribution in [1.82, 2.24) is 9.47 Å². The second kappa shape index (κ2) is 4.19. The van der Waals surface area contributed by atoms with Gasteiger partial charge < -0.3 is 4.57 Å². The molecule has 0 saturated heterocycles. The van der Waals surface area contributed by atoms with Crippen LogP contribution in [0, 0.1) is 0 Å². The Labute approximate surface area is 90.7 Å². The van der Waals surface area contributed by atoms with Gasteiger partial charge in [-0.25, -0.2) is 0 Å². The molecule has 0 amide bonds. The minimum absolute atomic E-state index is 0.489. The molecule has 1 fully saturated rings. The Hall–Kier alpha value is -1.09. The Morgan fingerprint density at radius 1 is 1.67 bits per heavy atom. The first-order chi connectivity index (χ1) is 7.22. The SMILES string of the molecule is CC(Cn1cccc1C=O)N(C)C1CC1. The largest absolute Gasteiger partial charge is 0.344 e. The Morgan fingerprint density at radius 3 is 3.00 bits per heavy atom. The molecule has 1 heterocycles. The lowest BCUT2D eigenvalue weighted by Gasteiger charge is -2.25. The predicted molar refractivity (Wildman–Crippen MR) is 60.1 cm³/mol. The van der Waals surface area contributed by atoms with Crippen LogP contribution in [-0.4, -0.2) is 34.9 Å².